The molecule has 0 spiro atoms. The van der Waals surface area contributed by atoms with E-state index in [0.717, 1.165) is 69.3 Å². The van der Waals surface area contributed by atoms with Crippen LogP contribution in [0.3, 0.4) is 0 Å². The molecule has 2 aromatic heterocycles. The van der Waals surface area contributed by atoms with Crippen LogP contribution in [0.2, 0.25) is 0 Å². The number of hydrogen-bond acceptors (Lipinski definition) is 2. The largest absolute Gasteiger partial charge is 0.293 e. The zero-order chi connectivity index (χ0) is 34.2. The molecule has 0 aliphatic heterocycles. The Bertz CT molecular complexity index is 3090. The van der Waals surface area contributed by atoms with Gasteiger partial charge in [-0.25, -0.2) is 4.98 Å². The van der Waals surface area contributed by atoms with Crippen LogP contribution in [0, 0.1) is 0 Å². The van der Waals surface area contributed by atoms with E-state index in [9.17, 15) is 4.79 Å². The van der Waals surface area contributed by atoms with Gasteiger partial charge in [0.2, 0.25) is 0 Å². The van der Waals surface area contributed by atoms with Crippen LogP contribution in [0.5, 0.6) is 0 Å². The van der Waals surface area contributed by atoms with Crippen LogP contribution in [-0.2, 0) is 12.8 Å². The summed E-state index contributed by atoms with van der Waals surface area (Å²) >= 11 is 0. The summed E-state index contributed by atoms with van der Waals surface area (Å²) in [5, 5.41) is 7.00. The van der Waals surface area contributed by atoms with Gasteiger partial charge in [-0.15, -0.1) is 0 Å². The number of pyridine rings is 1. The van der Waals surface area contributed by atoms with Gasteiger partial charge < -0.3 is 0 Å². The molecule has 9 aromatic rings. The fraction of sp³-hybridized carbons (Fsp3) is 0.102. The van der Waals surface area contributed by atoms with E-state index in [-0.39, 0.29) is 5.78 Å². The topological polar surface area (TPSA) is 34.9 Å². The molecule has 2 bridgehead atoms. The van der Waals surface area contributed by atoms with Crippen molar-refractivity contribution in [1.82, 2.24) is 9.55 Å². The maximum atomic E-state index is 13.9. The molecule has 2 heterocycles. The number of rotatable bonds is 2. The number of nitrogens with zero attached hydrogens (tertiary/aromatic N) is 2. The summed E-state index contributed by atoms with van der Waals surface area (Å²) in [5.74, 6) is 1.36. The highest BCUT2D eigenvalue weighted by atomic mass is 16.1. The monoisotopic (exact) mass is 664 g/mol. The highest BCUT2D eigenvalue weighted by molar-refractivity contribution is 6.26. The predicted molar refractivity (Wildman–Crippen MR) is 213 cm³/mol. The van der Waals surface area contributed by atoms with Gasteiger partial charge >= 0.3 is 0 Å². The van der Waals surface area contributed by atoms with E-state index < -0.39 is 0 Å². The first-order valence-corrected chi connectivity index (χ1v) is 18.5. The molecule has 3 aliphatic rings. The molecule has 52 heavy (non-hydrogen) atoms. The van der Waals surface area contributed by atoms with E-state index in [1.807, 2.05) is 30.3 Å². The molecule has 0 N–H and O–H groups in total. The lowest BCUT2D eigenvalue weighted by Gasteiger charge is -2.26. The van der Waals surface area contributed by atoms with Gasteiger partial charge in [-0.3, -0.25) is 9.36 Å². The molecule has 0 saturated carbocycles. The van der Waals surface area contributed by atoms with Gasteiger partial charge in [0.25, 0.3) is 0 Å². The second kappa shape index (κ2) is 10.1. The second-order valence-corrected chi connectivity index (χ2v) is 14.7. The molecule has 244 valence electrons. The highest BCUT2D eigenvalue weighted by Gasteiger charge is 2.35. The van der Waals surface area contributed by atoms with Crippen molar-refractivity contribution in [1.29, 1.82) is 0 Å². The van der Waals surface area contributed by atoms with Crippen molar-refractivity contribution in [2.45, 2.75) is 32.1 Å². The van der Waals surface area contributed by atoms with E-state index in [1.165, 1.54) is 66.0 Å². The molecular formula is C49H32N2O. The van der Waals surface area contributed by atoms with Gasteiger partial charge in [-0.2, -0.15) is 0 Å². The van der Waals surface area contributed by atoms with Gasteiger partial charge in [-0.1, -0.05) is 122 Å². The van der Waals surface area contributed by atoms with E-state index >= 15 is 0 Å². The first kappa shape index (κ1) is 28.4. The Kier molecular flexibility index (Phi) is 5.54. The fourth-order valence-corrected chi connectivity index (χ4v) is 10.1. The molecule has 3 aliphatic carbocycles. The van der Waals surface area contributed by atoms with Gasteiger partial charge in [0.15, 0.2) is 5.78 Å². The molecule has 0 amide bonds. The van der Waals surface area contributed by atoms with Crippen LogP contribution in [-0.4, -0.2) is 15.3 Å². The molecule has 3 nitrogen and oxygen atoms in total. The van der Waals surface area contributed by atoms with Crippen molar-refractivity contribution in [2.75, 3.05) is 0 Å². The Hall–Kier alpha value is -6.32. The third-order valence-corrected chi connectivity index (χ3v) is 12.3. The number of aromatic nitrogens is 2. The van der Waals surface area contributed by atoms with Crippen molar-refractivity contribution in [3.05, 3.63) is 167 Å². The summed E-state index contributed by atoms with van der Waals surface area (Å²) in [7, 11) is 0. The smallest absolute Gasteiger partial charge is 0.194 e. The minimum atomic E-state index is 0.0763. The molecule has 0 saturated heterocycles. The van der Waals surface area contributed by atoms with Crippen molar-refractivity contribution >= 4 is 49.1 Å². The molecule has 0 unspecified atom stereocenters. The molecule has 7 aromatic carbocycles. The summed E-state index contributed by atoms with van der Waals surface area (Å²) in [6.45, 7) is 2.23. The molecule has 0 fully saturated rings. The summed E-state index contributed by atoms with van der Waals surface area (Å²) in [6, 6.07) is 48.5. The van der Waals surface area contributed by atoms with Crippen LogP contribution in [0.25, 0.3) is 82.7 Å². The zero-order valence-corrected chi connectivity index (χ0v) is 28.7. The molecule has 1 atom stereocenters. The Morgan fingerprint density at radius 3 is 2.12 bits per heavy atom. The number of hydrogen-bond donors (Lipinski definition) is 0. The number of benzene rings is 7. The summed E-state index contributed by atoms with van der Waals surface area (Å²) < 4.78 is 2.50. The van der Waals surface area contributed by atoms with E-state index in [4.69, 9.17) is 4.98 Å². The Morgan fingerprint density at radius 2 is 1.31 bits per heavy atom. The van der Waals surface area contributed by atoms with E-state index in [2.05, 4.69) is 115 Å². The lowest BCUT2D eigenvalue weighted by atomic mass is 9.80. The number of aryl methyl sites for hydroxylation is 1. The second-order valence-electron chi connectivity index (χ2n) is 14.7. The normalized spacial score (nSPS) is 15.2. The van der Waals surface area contributed by atoms with E-state index in [0.29, 0.717) is 5.92 Å². The molecule has 0 radical (unpaired) electrons. The predicted octanol–water partition coefficient (Wildman–Crippen LogP) is 12.0. The first-order valence-electron chi connectivity index (χ1n) is 18.5. The zero-order valence-electron chi connectivity index (χ0n) is 28.7. The minimum absolute atomic E-state index is 0.0763. The van der Waals surface area contributed by atoms with Crippen LogP contribution < -0.4 is 0 Å². The summed E-state index contributed by atoms with van der Waals surface area (Å²) in [5.41, 5.74) is 16.4. The third kappa shape index (κ3) is 3.50. The van der Waals surface area contributed by atoms with Crippen LogP contribution in [0.15, 0.2) is 133 Å². The number of carbonyl (C=O) groups is 1. The summed E-state index contributed by atoms with van der Waals surface area (Å²) in [4.78, 5) is 19.6. The van der Waals surface area contributed by atoms with Crippen LogP contribution >= 0.6 is 0 Å². The Balaban J connectivity index is 1.34. The lowest BCUT2D eigenvalue weighted by Crippen LogP contribution is -2.14. The standard InChI is InChI=1S/C49H32N2O/c1-2-29-34-20-11-21-39-44(34)46(37-18-9-10-19-38(37)48(39)52)50-49(29)51-43-25-28-13-4-3-12-27(28)24-41(43)42-26-40-32-16-6-5-14-30(32)33-22-23-36(40)45(47(42)51)35-17-8-7-15-31(33)35/h3-21,24-26,33H,2,22-23H2,1H3/t33-/m1/s1. The van der Waals surface area contributed by atoms with Crippen molar-refractivity contribution in [3.8, 4) is 39.3 Å². The molecule has 12 rings (SSSR count). The first-order chi connectivity index (χ1) is 25.7. The Morgan fingerprint density at radius 1 is 0.635 bits per heavy atom. The number of ketones is 1. The Labute approximate surface area is 300 Å². The fourth-order valence-electron chi connectivity index (χ4n) is 10.1. The number of carbonyl (C=O) groups excluding carboxylic acids is 1. The maximum absolute atomic E-state index is 13.9. The van der Waals surface area contributed by atoms with Crippen LogP contribution in [0.4, 0.5) is 0 Å². The summed E-state index contributed by atoms with van der Waals surface area (Å²) in [6.07, 6.45) is 2.86. The van der Waals surface area contributed by atoms with Gasteiger partial charge in [0, 0.05) is 49.9 Å². The van der Waals surface area contributed by atoms with E-state index in [1.54, 1.807) is 0 Å². The van der Waals surface area contributed by atoms with Gasteiger partial charge in [-0.05, 0) is 87.0 Å². The molecule has 3 heteroatoms. The average molecular weight is 665 g/mol. The average Bonchev–Trinajstić information content (AvgIpc) is 3.29. The van der Waals surface area contributed by atoms with Crippen molar-refractivity contribution < 1.29 is 4.79 Å². The van der Waals surface area contributed by atoms with Gasteiger partial charge in [0.1, 0.15) is 5.82 Å². The van der Waals surface area contributed by atoms with Crippen molar-refractivity contribution in [3.63, 3.8) is 0 Å². The highest BCUT2D eigenvalue weighted by Crippen LogP contribution is 2.54. The maximum Gasteiger partial charge on any atom is 0.194 e. The van der Waals surface area contributed by atoms with Crippen molar-refractivity contribution in [2.24, 2.45) is 0 Å². The quantitative estimate of drug-likeness (QED) is 0.184. The third-order valence-electron chi connectivity index (χ3n) is 12.3. The lowest BCUT2D eigenvalue weighted by molar-refractivity contribution is 0.104. The van der Waals surface area contributed by atoms with Crippen LogP contribution in [0.1, 0.15) is 57.4 Å². The number of fused-ring (bicyclic) bond motifs is 15. The minimum Gasteiger partial charge on any atom is -0.293 e. The van der Waals surface area contributed by atoms with Gasteiger partial charge in [0.05, 0.1) is 16.7 Å². The molecular weight excluding hydrogens is 633 g/mol. The SMILES string of the molecule is CCc1c(-n2c3cc4ccccc4cc3c3cc4c5c(c32)-c2ccccc2[C@H](CC5)c2ccccc2-4)nc2c3c(cccc13)C(=O)c1ccccc1-2.